The third kappa shape index (κ3) is 2.26. The molecule has 3 heteroatoms. The van der Waals surface area contributed by atoms with E-state index in [4.69, 9.17) is 10.5 Å². The highest BCUT2D eigenvalue weighted by Crippen LogP contribution is 2.19. The van der Waals surface area contributed by atoms with Crippen molar-refractivity contribution >= 4 is 10.9 Å². The number of ether oxygens (including phenoxy) is 1. The lowest BCUT2D eigenvalue weighted by Gasteiger charge is -2.05. The fourth-order valence-electron chi connectivity index (χ4n) is 1.78. The minimum absolute atomic E-state index is 0.250. The van der Waals surface area contributed by atoms with E-state index in [-0.39, 0.29) is 6.10 Å². The van der Waals surface area contributed by atoms with Gasteiger partial charge in [-0.15, -0.1) is 0 Å². The molecule has 1 heterocycles. The largest absolute Gasteiger partial charge is 0.373 e. The van der Waals surface area contributed by atoms with E-state index in [1.54, 1.807) is 0 Å². The van der Waals surface area contributed by atoms with Crippen molar-refractivity contribution in [3.05, 3.63) is 35.5 Å². The summed E-state index contributed by atoms with van der Waals surface area (Å²) in [5, 5.41) is 1.20. The van der Waals surface area contributed by atoms with Gasteiger partial charge in [0.15, 0.2) is 0 Å². The molecule has 0 bridgehead atoms. The van der Waals surface area contributed by atoms with E-state index >= 15 is 0 Å². The Labute approximate surface area is 95.6 Å². The highest BCUT2D eigenvalue weighted by molar-refractivity contribution is 5.83. The van der Waals surface area contributed by atoms with Crippen LogP contribution in [0.25, 0.3) is 10.9 Å². The van der Waals surface area contributed by atoms with Gasteiger partial charge in [-0.3, -0.25) is 0 Å². The van der Waals surface area contributed by atoms with Crippen molar-refractivity contribution in [3.63, 3.8) is 0 Å². The van der Waals surface area contributed by atoms with Crippen molar-refractivity contribution < 1.29 is 4.74 Å². The molecule has 86 valence electrons. The first kappa shape index (κ1) is 11.2. The maximum Gasteiger partial charge on any atom is 0.0869 e. The number of aromatic nitrogens is 1. The Morgan fingerprint density at radius 1 is 1.38 bits per heavy atom. The molecule has 0 amide bonds. The number of nitrogens with one attached hydrogen (secondary N) is 1. The lowest BCUT2D eigenvalue weighted by atomic mass is 10.1. The van der Waals surface area contributed by atoms with Crippen molar-refractivity contribution in [1.82, 2.24) is 4.98 Å². The fraction of sp³-hybridized carbons (Fsp3) is 0.385. The standard InChI is InChI=1S/C13H18N2O/c1-9(2)16-8-12-6-10-4-3-5-11(7-14)13(10)15-12/h3-6,9,15H,7-8,14H2,1-2H3. The number of benzene rings is 1. The predicted molar refractivity (Wildman–Crippen MR) is 66.1 cm³/mol. The first-order valence-corrected chi connectivity index (χ1v) is 5.62. The third-order valence-electron chi connectivity index (χ3n) is 2.59. The summed E-state index contributed by atoms with van der Waals surface area (Å²) >= 11 is 0. The molecule has 1 aromatic heterocycles. The molecule has 2 aromatic rings. The number of H-pyrrole nitrogens is 1. The van der Waals surface area contributed by atoms with Crippen molar-refractivity contribution in [2.24, 2.45) is 5.73 Å². The monoisotopic (exact) mass is 218 g/mol. The van der Waals surface area contributed by atoms with Crippen molar-refractivity contribution in [1.29, 1.82) is 0 Å². The highest BCUT2D eigenvalue weighted by atomic mass is 16.5. The highest BCUT2D eigenvalue weighted by Gasteiger charge is 2.04. The summed E-state index contributed by atoms with van der Waals surface area (Å²) in [6, 6.07) is 8.29. The summed E-state index contributed by atoms with van der Waals surface area (Å²) in [7, 11) is 0. The molecule has 16 heavy (non-hydrogen) atoms. The second kappa shape index (κ2) is 4.68. The van der Waals surface area contributed by atoms with Crippen LogP contribution >= 0.6 is 0 Å². The second-order valence-electron chi connectivity index (χ2n) is 4.24. The van der Waals surface area contributed by atoms with Gasteiger partial charge < -0.3 is 15.5 Å². The first-order valence-electron chi connectivity index (χ1n) is 5.62. The second-order valence-corrected chi connectivity index (χ2v) is 4.24. The SMILES string of the molecule is CC(C)OCc1cc2cccc(CN)c2[nH]1. The molecular formula is C13H18N2O. The Morgan fingerprint density at radius 3 is 2.88 bits per heavy atom. The minimum Gasteiger partial charge on any atom is -0.373 e. The molecule has 0 saturated carbocycles. The van der Waals surface area contributed by atoms with Gasteiger partial charge in [-0.25, -0.2) is 0 Å². The van der Waals surface area contributed by atoms with Crippen LogP contribution in [0.4, 0.5) is 0 Å². The van der Waals surface area contributed by atoms with E-state index in [1.807, 2.05) is 26.0 Å². The van der Waals surface area contributed by atoms with E-state index in [1.165, 1.54) is 5.39 Å². The van der Waals surface area contributed by atoms with Gasteiger partial charge >= 0.3 is 0 Å². The van der Waals surface area contributed by atoms with Gasteiger partial charge in [0.2, 0.25) is 0 Å². The van der Waals surface area contributed by atoms with E-state index in [0.717, 1.165) is 16.8 Å². The normalized spacial score (nSPS) is 11.5. The van der Waals surface area contributed by atoms with Gasteiger partial charge in [0, 0.05) is 17.6 Å². The van der Waals surface area contributed by atoms with Crippen LogP contribution in [0, 0.1) is 0 Å². The number of aromatic amines is 1. The molecule has 0 aliphatic carbocycles. The van der Waals surface area contributed by atoms with E-state index in [2.05, 4.69) is 17.1 Å². The number of fused-ring (bicyclic) bond motifs is 1. The van der Waals surface area contributed by atoms with E-state index in [0.29, 0.717) is 13.2 Å². The summed E-state index contributed by atoms with van der Waals surface area (Å²) in [6.45, 7) is 5.25. The maximum atomic E-state index is 5.70. The Morgan fingerprint density at radius 2 is 2.19 bits per heavy atom. The van der Waals surface area contributed by atoms with Crippen LogP contribution in [0.1, 0.15) is 25.1 Å². The van der Waals surface area contributed by atoms with Crippen LogP contribution in [-0.2, 0) is 17.9 Å². The molecule has 0 radical (unpaired) electrons. The molecule has 2 rings (SSSR count). The minimum atomic E-state index is 0.250. The molecule has 0 fully saturated rings. The number of hydrogen-bond donors (Lipinski definition) is 2. The lowest BCUT2D eigenvalue weighted by molar-refractivity contribution is 0.0639. The Balaban J connectivity index is 2.29. The van der Waals surface area contributed by atoms with Gasteiger partial charge in [-0.1, -0.05) is 18.2 Å². The number of rotatable bonds is 4. The van der Waals surface area contributed by atoms with Crippen LogP contribution in [0.3, 0.4) is 0 Å². The quantitative estimate of drug-likeness (QED) is 0.828. The van der Waals surface area contributed by atoms with Crippen LogP contribution in [0.15, 0.2) is 24.3 Å². The van der Waals surface area contributed by atoms with Crippen LogP contribution in [0.2, 0.25) is 0 Å². The Bertz CT molecular complexity index is 474. The Hall–Kier alpha value is -1.32. The summed E-state index contributed by atoms with van der Waals surface area (Å²) in [5.41, 5.74) is 9.08. The van der Waals surface area contributed by atoms with Crippen LogP contribution < -0.4 is 5.73 Å². The summed E-state index contributed by atoms with van der Waals surface area (Å²) in [6.07, 6.45) is 0.250. The van der Waals surface area contributed by atoms with Crippen LogP contribution in [0.5, 0.6) is 0 Å². The predicted octanol–water partition coefficient (Wildman–Crippen LogP) is 2.55. The van der Waals surface area contributed by atoms with E-state index < -0.39 is 0 Å². The number of hydrogen-bond acceptors (Lipinski definition) is 2. The molecule has 0 spiro atoms. The summed E-state index contributed by atoms with van der Waals surface area (Å²) < 4.78 is 5.57. The summed E-state index contributed by atoms with van der Waals surface area (Å²) in [5.74, 6) is 0. The summed E-state index contributed by atoms with van der Waals surface area (Å²) in [4.78, 5) is 3.37. The van der Waals surface area contributed by atoms with E-state index in [9.17, 15) is 0 Å². The number of nitrogens with two attached hydrogens (primary N) is 1. The first-order chi connectivity index (χ1) is 7.70. The third-order valence-corrected chi connectivity index (χ3v) is 2.59. The zero-order valence-corrected chi connectivity index (χ0v) is 9.79. The topological polar surface area (TPSA) is 51.0 Å². The average Bonchev–Trinajstić information content (AvgIpc) is 2.68. The van der Waals surface area contributed by atoms with Crippen molar-refractivity contribution in [3.8, 4) is 0 Å². The van der Waals surface area contributed by atoms with Gasteiger partial charge in [0.05, 0.1) is 18.2 Å². The smallest absolute Gasteiger partial charge is 0.0869 e. The van der Waals surface area contributed by atoms with Gasteiger partial charge in [-0.05, 0) is 25.5 Å². The zero-order chi connectivity index (χ0) is 11.5. The van der Waals surface area contributed by atoms with Crippen LogP contribution in [-0.4, -0.2) is 11.1 Å². The van der Waals surface area contributed by atoms with Gasteiger partial charge in [0.1, 0.15) is 0 Å². The molecule has 0 aliphatic rings. The molecular weight excluding hydrogens is 200 g/mol. The maximum absolute atomic E-state index is 5.70. The molecule has 0 unspecified atom stereocenters. The lowest BCUT2D eigenvalue weighted by Crippen LogP contribution is -2.02. The average molecular weight is 218 g/mol. The van der Waals surface area contributed by atoms with Gasteiger partial charge in [0.25, 0.3) is 0 Å². The fourth-order valence-corrected chi connectivity index (χ4v) is 1.78. The van der Waals surface area contributed by atoms with Gasteiger partial charge in [-0.2, -0.15) is 0 Å². The Kier molecular flexibility index (Phi) is 3.27. The number of para-hydroxylation sites is 1. The molecule has 3 nitrogen and oxygen atoms in total. The molecule has 1 aromatic carbocycles. The molecule has 0 saturated heterocycles. The zero-order valence-electron chi connectivity index (χ0n) is 9.79. The van der Waals surface area contributed by atoms with Crippen molar-refractivity contribution in [2.75, 3.05) is 0 Å². The van der Waals surface area contributed by atoms with Crippen molar-refractivity contribution in [2.45, 2.75) is 33.1 Å². The molecule has 0 atom stereocenters. The molecule has 3 N–H and O–H groups in total. The molecule has 0 aliphatic heterocycles.